The fraction of sp³-hybridized carbons (Fsp3) is 0.667. The van der Waals surface area contributed by atoms with Crippen LogP contribution < -0.4 is 5.32 Å². The molecule has 0 spiro atoms. The minimum atomic E-state index is 0.427. The van der Waals surface area contributed by atoms with Crippen molar-refractivity contribution in [3.63, 3.8) is 0 Å². The molecule has 0 bridgehead atoms. The summed E-state index contributed by atoms with van der Waals surface area (Å²) in [6.07, 6.45) is 7.82. The van der Waals surface area contributed by atoms with Crippen molar-refractivity contribution in [3.05, 3.63) is 30.1 Å². The second-order valence-corrected chi connectivity index (χ2v) is 5.67. The summed E-state index contributed by atoms with van der Waals surface area (Å²) in [4.78, 5) is 4.07. The van der Waals surface area contributed by atoms with Gasteiger partial charge in [0, 0.05) is 24.5 Å². The highest BCUT2D eigenvalue weighted by Gasteiger charge is 2.26. The molecular formula is C15H24N2. The molecule has 1 aromatic heterocycles. The van der Waals surface area contributed by atoms with Crippen LogP contribution in [-0.4, -0.2) is 11.0 Å². The Morgan fingerprint density at radius 3 is 2.65 bits per heavy atom. The Hall–Kier alpha value is -0.890. The molecule has 0 aromatic carbocycles. The quantitative estimate of drug-likeness (QED) is 0.862. The van der Waals surface area contributed by atoms with Gasteiger partial charge >= 0.3 is 0 Å². The summed E-state index contributed by atoms with van der Waals surface area (Å²) in [5.41, 5.74) is 1.34. The SMILES string of the molecule is CC1CCC(C)C(NC(C)c2ccncc2)C1. The lowest BCUT2D eigenvalue weighted by molar-refractivity contribution is 0.216. The summed E-state index contributed by atoms with van der Waals surface area (Å²) in [5.74, 6) is 1.67. The van der Waals surface area contributed by atoms with Crippen LogP contribution in [0, 0.1) is 11.8 Å². The molecular weight excluding hydrogens is 208 g/mol. The van der Waals surface area contributed by atoms with Crippen LogP contribution >= 0.6 is 0 Å². The molecule has 94 valence electrons. The Kier molecular flexibility index (Phi) is 4.16. The molecule has 0 aliphatic heterocycles. The molecule has 1 heterocycles. The van der Waals surface area contributed by atoms with Gasteiger partial charge in [0.05, 0.1) is 0 Å². The zero-order valence-electron chi connectivity index (χ0n) is 11.2. The first kappa shape index (κ1) is 12.6. The van der Waals surface area contributed by atoms with Crippen molar-refractivity contribution in [1.29, 1.82) is 0 Å². The van der Waals surface area contributed by atoms with E-state index in [9.17, 15) is 0 Å². The van der Waals surface area contributed by atoms with E-state index in [0.29, 0.717) is 12.1 Å². The highest BCUT2D eigenvalue weighted by Crippen LogP contribution is 2.29. The molecule has 4 atom stereocenters. The van der Waals surface area contributed by atoms with E-state index in [-0.39, 0.29) is 0 Å². The molecule has 4 unspecified atom stereocenters. The Labute approximate surface area is 105 Å². The lowest BCUT2D eigenvalue weighted by Crippen LogP contribution is -2.40. The van der Waals surface area contributed by atoms with E-state index in [4.69, 9.17) is 0 Å². The second-order valence-electron chi connectivity index (χ2n) is 5.67. The van der Waals surface area contributed by atoms with Crippen LogP contribution in [0.25, 0.3) is 0 Å². The van der Waals surface area contributed by atoms with Gasteiger partial charge in [-0.15, -0.1) is 0 Å². The Morgan fingerprint density at radius 2 is 1.94 bits per heavy atom. The molecule has 2 nitrogen and oxygen atoms in total. The van der Waals surface area contributed by atoms with E-state index in [1.54, 1.807) is 0 Å². The van der Waals surface area contributed by atoms with E-state index in [2.05, 4.69) is 43.2 Å². The van der Waals surface area contributed by atoms with Crippen LogP contribution in [0.1, 0.15) is 51.6 Å². The van der Waals surface area contributed by atoms with Gasteiger partial charge in [0.15, 0.2) is 0 Å². The molecule has 0 saturated heterocycles. The van der Waals surface area contributed by atoms with E-state index in [0.717, 1.165) is 11.8 Å². The van der Waals surface area contributed by atoms with Crippen molar-refractivity contribution < 1.29 is 0 Å². The van der Waals surface area contributed by atoms with Crippen molar-refractivity contribution in [2.75, 3.05) is 0 Å². The Balaban J connectivity index is 1.96. The van der Waals surface area contributed by atoms with Crippen molar-refractivity contribution in [1.82, 2.24) is 10.3 Å². The summed E-state index contributed by atoms with van der Waals surface area (Å²) in [6, 6.07) is 5.31. The summed E-state index contributed by atoms with van der Waals surface area (Å²) in [7, 11) is 0. The molecule has 2 rings (SSSR count). The van der Waals surface area contributed by atoms with Crippen molar-refractivity contribution >= 4 is 0 Å². The molecule has 1 saturated carbocycles. The molecule has 1 aliphatic rings. The van der Waals surface area contributed by atoms with Crippen LogP contribution in [0.15, 0.2) is 24.5 Å². The molecule has 0 radical (unpaired) electrons. The average molecular weight is 232 g/mol. The third kappa shape index (κ3) is 3.29. The lowest BCUT2D eigenvalue weighted by atomic mass is 9.79. The van der Waals surface area contributed by atoms with E-state index in [1.807, 2.05) is 12.4 Å². The smallest absolute Gasteiger partial charge is 0.0295 e. The number of nitrogens with one attached hydrogen (secondary N) is 1. The number of rotatable bonds is 3. The van der Waals surface area contributed by atoms with Gasteiger partial charge in [-0.25, -0.2) is 0 Å². The van der Waals surface area contributed by atoms with Crippen LogP contribution in [0.2, 0.25) is 0 Å². The maximum absolute atomic E-state index is 4.07. The van der Waals surface area contributed by atoms with Gasteiger partial charge in [0.1, 0.15) is 0 Å². The summed E-state index contributed by atoms with van der Waals surface area (Å²) < 4.78 is 0. The highest BCUT2D eigenvalue weighted by atomic mass is 15.0. The highest BCUT2D eigenvalue weighted by molar-refractivity contribution is 5.14. The van der Waals surface area contributed by atoms with E-state index >= 15 is 0 Å². The molecule has 1 aromatic rings. The summed E-state index contributed by atoms with van der Waals surface area (Å²) >= 11 is 0. The van der Waals surface area contributed by atoms with Gasteiger partial charge in [-0.2, -0.15) is 0 Å². The topological polar surface area (TPSA) is 24.9 Å². The van der Waals surface area contributed by atoms with Crippen LogP contribution in [0.3, 0.4) is 0 Å². The third-order valence-corrected chi connectivity index (χ3v) is 4.13. The maximum Gasteiger partial charge on any atom is 0.0295 e. The molecule has 17 heavy (non-hydrogen) atoms. The van der Waals surface area contributed by atoms with Crippen LogP contribution in [-0.2, 0) is 0 Å². The van der Waals surface area contributed by atoms with Gasteiger partial charge < -0.3 is 5.32 Å². The first-order valence-electron chi connectivity index (χ1n) is 6.82. The van der Waals surface area contributed by atoms with Gasteiger partial charge in [-0.1, -0.05) is 20.3 Å². The van der Waals surface area contributed by atoms with Gasteiger partial charge in [-0.05, 0) is 49.3 Å². The fourth-order valence-corrected chi connectivity index (χ4v) is 2.83. The largest absolute Gasteiger partial charge is 0.307 e. The predicted molar refractivity (Wildman–Crippen MR) is 71.8 cm³/mol. The summed E-state index contributed by atoms with van der Waals surface area (Å²) in [6.45, 7) is 7.00. The van der Waals surface area contributed by atoms with Gasteiger partial charge in [0.2, 0.25) is 0 Å². The third-order valence-electron chi connectivity index (χ3n) is 4.13. The van der Waals surface area contributed by atoms with Gasteiger partial charge in [-0.3, -0.25) is 4.98 Å². The first-order chi connectivity index (χ1) is 8.16. The maximum atomic E-state index is 4.07. The lowest BCUT2D eigenvalue weighted by Gasteiger charge is -2.35. The number of pyridine rings is 1. The molecule has 0 amide bonds. The number of nitrogens with zero attached hydrogens (tertiary/aromatic N) is 1. The second kappa shape index (κ2) is 5.63. The van der Waals surface area contributed by atoms with E-state index in [1.165, 1.54) is 24.8 Å². The number of aromatic nitrogens is 1. The summed E-state index contributed by atoms with van der Waals surface area (Å²) in [5, 5.41) is 3.79. The zero-order valence-corrected chi connectivity index (χ0v) is 11.2. The fourth-order valence-electron chi connectivity index (χ4n) is 2.83. The van der Waals surface area contributed by atoms with Crippen molar-refractivity contribution in [3.8, 4) is 0 Å². The molecule has 1 fully saturated rings. The normalized spacial score (nSPS) is 31.1. The minimum Gasteiger partial charge on any atom is -0.307 e. The first-order valence-corrected chi connectivity index (χ1v) is 6.82. The van der Waals surface area contributed by atoms with Crippen molar-refractivity contribution in [2.45, 2.75) is 52.1 Å². The Bertz CT molecular complexity index is 336. The average Bonchev–Trinajstić information content (AvgIpc) is 2.35. The Morgan fingerprint density at radius 1 is 1.24 bits per heavy atom. The minimum absolute atomic E-state index is 0.427. The van der Waals surface area contributed by atoms with Crippen LogP contribution in [0.4, 0.5) is 0 Å². The standard InChI is InChI=1S/C15H24N2/c1-11-4-5-12(2)15(10-11)17-13(3)14-6-8-16-9-7-14/h6-9,11-13,15,17H,4-5,10H2,1-3H3. The molecule has 2 heteroatoms. The van der Waals surface area contributed by atoms with E-state index < -0.39 is 0 Å². The van der Waals surface area contributed by atoms with Crippen LogP contribution in [0.5, 0.6) is 0 Å². The molecule has 1 aliphatic carbocycles. The van der Waals surface area contributed by atoms with Crippen molar-refractivity contribution in [2.24, 2.45) is 11.8 Å². The number of hydrogen-bond acceptors (Lipinski definition) is 2. The molecule has 1 N–H and O–H groups in total. The predicted octanol–water partition coefficient (Wildman–Crippen LogP) is 3.56. The zero-order chi connectivity index (χ0) is 12.3. The van der Waals surface area contributed by atoms with Gasteiger partial charge in [0.25, 0.3) is 0 Å². The number of hydrogen-bond donors (Lipinski definition) is 1. The monoisotopic (exact) mass is 232 g/mol.